The van der Waals surface area contributed by atoms with Crippen molar-refractivity contribution < 1.29 is 19.0 Å². The lowest BCUT2D eigenvalue weighted by Gasteiger charge is -2.08. The van der Waals surface area contributed by atoms with E-state index in [0.717, 1.165) is 5.56 Å². The van der Waals surface area contributed by atoms with E-state index < -0.39 is 0 Å². The second-order valence-corrected chi connectivity index (χ2v) is 4.18. The van der Waals surface area contributed by atoms with E-state index >= 15 is 0 Å². The van der Waals surface area contributed by atoms with Gasteiger partial charge in [0.05, 0.1) is 20.3 Å². The van der Waals surface area contributed by atoms with E-state index in [4.69, 9.17) is 9.47 Å². The number of hydrogen-bond donors (Lipinski definition) is 0. The number of methoxy groups -OCH3 is 1. The molecule has 0 heterocycles. The topological polar surface area (TPSA) is 44.8 Å². The smallest absolute Gasteiger partial charge is 0.330 e. The number of carbonyl (C=O) groups excluding carboxylic acids is 1. The average molecular weight is 264 g/mol. The molecule has 0 aromatic heterocycles. The molecule has 0 radical (unpaired) electrons. The standard InChI is InChI=1S/C15H20O4/c1-13(8-9-15(16)17-2)10-18-12-19-11-14-6-4-3-5-7-14/h3-9,13H,10-12H2,1-2H3/b9-8+/t13-/m0/s1. The van der Waals surface area contributed by atoms with Crippen LogP contribution >= 0.6 is 0 Å². The quantitative estimate of drug-likeness (QED) is 0.313. The van der Waals surface area contributed by atoms with Gasteiger partial charge in [-0.25, -0.2) is 4.79 Å². The molecule has 0 spiro atoms. The Bertz CT molecular complexity index is 386. The monoisotopic (exact) mass is 264 g/mol. The Balaban J connectivity index is 2.07. The van der Waals surface area contributed by atoms with Gasteiger partial charge in [-0.1, -0.05) is 43.3 Å². The van der Waals surface area contributed by atoms with Gasteiger partial charge in [0.25, 0.3) is 0 Å². The van der Waals surface area contributed by atoms with Crippen LogP contribution in [0.3, 0.4) is 0 Å². The Kier molecular flexibility index (Phi) is 7.54. The molecule has 4 heteroatoms. The minimum absolute atomic E-state index is 0.138. The maximum Gasteiger partial charge on any atom is 0.330 e. The molecule has 4 nitrogen and oxygen atoms in total. The van der Waals surface area contributed by atoms with Crippen molar-refractivity contribution in [3.8, 4) is 0 Å². The molecule has 0 unspecified atom stereocenters. The summed E-state index contributed by atoms with van der Waals surface area (Å²) in [6.07, 6.45) is 3.15. The summed E-state index contributed by atoms with van der Waals surface area (Å²) in [5, 5.41) is 0. The van der Waals surface area contributed by atoms with Crippen molar-refractivity contribution in [1.82, 2.24) is 0 Å². The average Bonchev–Trinajstić information content (AvgIpc) is 2.45. The molecule has 1 rings (SSSR count). The first-order chi connectivity index (χ1) is 9.22. The summed E-state index contributed by atoms with van der Waals surface area (Å²) in [5.74, 6) is -0.216. The van der Waals surface area contributed by atoms with Crippen molar-refractivity contribution >= 4 is 5.97 Å². The van der Waals surface area contributed by atoms with E-state index in [9.17, 15) is 4.79 Å². The van der Waals surface area contributed by atoms with Crippen molar-refractivity contribution in [2.45, 2.75) is 13.5 Å². The van der Waals surface area contributed by atoms with Gasteiger partial charge in [0.1, 0.15) is 6.79 Å². The van der Waals surface area contributed by atoms with Gasteiger partial charge >= 0.3 is 5.97 Å². The first-order valence-electron chi connectivity index (χ1n) is 6.18. The van der Waals surface area contributed by atoms with Crippen LogP contribution in [0.4, 0.5) is 0 Å². The Hall–Kier alpha value is -1.65. The van der Waals surface area contributed by atoms with E-state index in [1.165, 1.54) is 13.2 Å². The van der Waals surface area contributed by atoms with Gasteiger partial charge in [-0.2, -0.15) is 0 Å². The summed E-state index contributed by atoms with van der Waals surface area (Å²) >= 11 is 0. The number of hydrogen-bond acceptors (Lipinski definition) is 4. The van der Waals surface area contributed by atoms with Crippen LogP contribution in [-0.2, 0) is 25.6 Å². The molecule has 0 bridgehead atoms. The molecule has 0 aliphatic carbocycles. The van der Waals surface area contributed by atoms with Crippen LogP contribution in [0.2, 0.25) is 0 Å². The molecule has 1 aromatic rings. The third-order valence-electron chi connectivity index (χ3n) is 2.42. The summed E-state index contributed by atoms with van der Waals surface area (Å²) in [6, 6.07) is 9.91. The molecular formula is C15H20O4. The fraction of sp³-hybridized carbons (Fsp3) is 0.400. The number of rotatable bonds is 8. The van der Waals surface area contributed by atoms with Crippen LogP contribution < -0.4 is 0 Å². The zero-order chi connectivity index (χ0) is 13.9. The van der Waals surface area contributed by atoms with E-state index in [2.05, 4.69) is 4.74 Å². The molecule has 0 fully saturated rings. The Morgan fingerprint density at radius 1 is 1.26 bits per heavy atom. The van der Waals surface area contributed by atoms with Gasteiger partial charge in [0.2, 0.25) is 0 Å². The maximum absolute atomic E-state index is 10.9. The van der Waals surface area contributed by atoms with Crippen molar-refractivity contribution in [2.24, 2.45) is 5.92 Å². The minimum Gasteiger partial charge on any atom is -0.466 e. The van der Waals surface area contributed by atoms with Gasteiger partial charge in [0.15, 0.2) is 0 Å². The maximum atomic E-state index is 10.9. The molecule has 1 aromatic carbocycles. The van der Waals surface area contributed by atoms with Crippen LogP contribution in [0.15, 0.2) is 42.5 Å². The highest BCUT2D eigenvalue weighted by Crippen LogP contribution is 2.02. The van der Waals surface area contributed by atoms with E-state index in [1.807, 2.05) is 37.3 Å². The lowest BCUT2D eigenvalue weighted by atomic mass is 10.2. The van der Waals surface area contributed by atoms with E-state index in [0.29, 0.717) is 13.2 Å². The Morgan fingerprint density at radius 2 is 2.00 bits per heavy atom. The molecule has 0 N–H and O–H groups in total. The van der Waals surface area contributed by atoms with Gasteiger partial charge < -0.3 is 14.2 Å². The zero-order valence-electron chi connectivity index (χ0n) is 11.4. The lowest BCUT2D eigenvalue weighted by molar-refractivity contribution is -0.134. The summed E-state index contributed by atoms with van der Waals surface area (Å²) in [5.41, 5.74) is 1.12. The van der Waals surface area contributed by atoms with Crippen molar-refractivity contribution in [3.63, 3.8) is 0 Å². The number of esters is 1. The first-order valence-corrected chi connectivity index (χ1v) is 6.18. The molecule has 104 valence electrons. The highest BCUT2D eigenvalue weighted by atomic mass is 16.7. The molecule has 1 atom stereocenters. The second kappa shape index (κ2) is 9.30. The lowest BCUT2D eigenvalue weighted by Crippen LogP contribution is -2.07. The first kappa shape index (κ1) is 15.4. The molecule has 19 heavy (non-hydrogen) atoms. The minimum atomic E-state index is -0.354. The van der Waals surface area contributed by atoms with Gasteiger partial charge in [-0.3, -0.25) is 0 Å². The molecule has 0 aliphatic heterocycles. The zero-order valence-corrected chi connectivity index (χ0v) is 11.4. The summed E-state index contributed by atoms with van der Waals surface area (Å²) in [4.78, 5) is 10.9. The third kappa shape index (κ3) is 7.39. The van der Waals surface area contributed by atoms with Crippen LogP contribution in [0.25, 0.3) is 0 Å². The third-order valence-corrected chi connectivity index (χ3v) is 2.42. The van der Waals surface area contributed by atoms with Crippen LogP contribution in [0.1, 0.15) is 12.5 Å². The fourth-order valence-corrected chi connectivity index (χ4v) is 1.39. The van der Waals surface area contributed by atoms with Gasteiger partial charge in [-0.15, -0.1) is 0 Å². The highest BCUT2D eigenvalue weighted by Gasteiger charge is 1.99. The Morgan fingerprint density at radius 3 is 2.68 bits per heavy atom. The molecule has 0 aliphatic rings. The summed E-state index contributed by atoms with van der Waals surface area (Å²) < 4.78 is 15.2. The van der Waals surface area contributed by atoms with Gasteiger partial charge in [-0.05, 0) is 11.5 Å². The number of ether oxygens (including phenoxy) is 3. The normalized spacial score (nSPS) is 12.5. The summed E-state index contributed by atoms with van der Waals surface area (Å²) in [7, 11) is 1.35. The molecule has 0 amide bonds. The summed E-state index contributed by atoms with van der Waals surface area (Å²) in [6.45, 7) is 3.23. The molecule has 0 saturated heterocycles. The Labute approximate surface area is 114 Å². The second-order valence-electron chi connectivity index (χ2n) is 4.18. The number of carbonyl (C=O) groups is 1. The molecule has 0 saturated carbocycles. The van der Waals surface area contributed by atoms with Crippen molar-refractivity contribution in [3.05, 3.63) is 48.0 Å². The van der Waals surface area contributed by atoms with E-state index in [-0.39, 0.29) is 18.7 Å². The van der Waals surface area contributed by atoms with Gasteiger partial charge in [0, 0.05) is 6.08 Å². The molecular weight excluding hydrogens is 244 g/mol. The van der Waals surface area contributed by atoms with Crippen LogP contribution in [-0.4, -0.2) is 26.5 Å². The van der Waals surface area contributed by atoms with E-state index in [1.54, 1.807) is 6.08 Å². The predicted molar refractivity (Wildman–Crippen MR) is 72.4 cm³/mol. The predicted octanol–water partition coefficient (Wildman–Crippen LogP) is 2.54. The fourth-order valence-electron chi connectivity index (χ4n) is 1.39. The van der Waals surface area contributed by atoms with Crippen molar-refractivity contribution in [1.29, 1.82) is 0 Å². The largest absolute Gasteiger partial charge is 0.466 e. The number of benzene rings is 1. The SMILES string of the molecule is COC(=O)/C=C/[C@H](C)COCOCc1ccccc1. The highest BCUT2D eigenvalue weighted by molar-refractivity contribution is 5.81. The van der Waals surface area contributed by atoms with Crippen molar-refractivity contribution in [2.75, 3.05) is 20.5 Å². The van der Waals surface area contributed by atoms with Crippen LogP contribution in [0.5, 0.6) is 0 Å². The van der Waals surface area contributed by atoms with Crippen LogP contribution in [0, 0.1) is 5.92 Å².